The highest BCUT2D eigenvalue weighted by molar-refractivity contribution is 5.86. The zero-order chi connectivity index (χ0) is 20.0. The van der Waals surface area contributed by atoms with Crippen molar-refractivity contribution in [3.63, 3.8) is 0 Å². The molecule has 2 unspecified atom stereocenters. The van der Waals surface area contributed by atoms with Crippen molar-refractivity contribution in [2.75, 3.05) is 25.7 Å². The minimum absolute atomic E-state index is 0.0292. The van der Waals surface area contributed by atoms with E-state index in [9.17, 15) is 4.79 Å². The molecule has 2 atom stereocenters. The smallest absolute Gasteiger partial charge is 0.284 e. The topological polar surface area (TPSA) is 46.3 Å². The number of likely N-dealkylation sites (N-methyl/N-ethyl adjacent to an activating group) is 1. The molecule has 0 fully saturated rings. The van der Waals surface area contributed by atoms with Crippen LogP contribution in [0, 0.1) is 0 Å². The van der Waals surface area contributed by atoms with E-state index in [0.717, 1.165) is 17.7 Å². The van der Waals surface area contributed by atoms with Crippen LogP contribution in [-0.4, -0.2) is 31.3 Å². The normalized spacial score (nSPS) is 14.1. The van der Waals surface area contributed by atoms with E-state index < -0.39 is 0 Å². The van der Waals surface area contributed by atoms with Crippen molar-refractivity contribution in [3.8, 4) is 0 Å². The van der Waals surface area contributed by atoms with Crippen LogP contribution < -0.4 is 10.6 Å². The average molecular weight is 375 g/mol. The summed E-state index contributed by atoms with van der Waals surface area (Å²) < 4.78 is 0.0876. The van der Waals surface area contributed by atoms with Gasteiger partial charge < -0.3 is 0 Å². The number of carbonyl (C=O) groups excluding carboxylic acids is 1. The molecule has 0 aliphatic carbocycles. The van der Waals surface area contributed by atoms with Gasteiger partial charge in [0.2, 0.25) is 0 Å². The molecule has 3 rings (SSSR count). The summed E-state index contributed by atoms with van der Waals surface area (Å²) in [4.78, 5) is 15.3. The molecule has 3 aromatic rings. The lowest BCUT2D eigenvalue weighted by molar-refractivity contribution is -0.861. The minimum atomic E-state index is -0.0905. The summed E-state index contributed by atoms with van der Waals surface area (Å²) >= 11 is 0. The van der Waals surface area contributed by atoms with E-state index in [2.05, 4.69) is 24.3 Å². The molecule has 28 heavy (non-hydrogen) atoms. The van der Waals surface area contributed by atoms with Gasteiger partial charge in [-0.25, -0.2) is 9.28 Å². The molecule has 0 saturated carbocycles. The molecule has 0 heterocycles. The first-order valence-electron chi connectivity index (χ1n) is 9.53. The average Bonchev–Trinajstić information content (AvgIpc) is 2.78. The van der Waals surface area contributed by atoms with Crippen molar-refractivity contribution in [2.45, 2.75) is 12.5 Å². The van der Waals surface area contributed by atoms with Crippen molar-refractivity contribution >= 4 is 11.7 Å². The van der Waals surface area contributed by atoms with E-state index >= 15 is 0 Å². The zero-order valence-electron chi connectivity index (χ0n) is 16.5. The van der Waals surface area contributed by atoms with Crippen LogP contribution in [0.15, 0.2) is 91.0 Å². The highest BCUT2D eigenvalue weighted by Gasteiger charge is 2.42. The standard InChI is InChI=1S/C24H28N3O/c1-26(22-16-10-5-11-17-22)24(28)27(2,19-25)23(21-14-8-4-9-15-21)18-20-12-6-3-7-13-20/h3-17,23H,18-19,25H2,1-2H3/q+1. The predicted octanol–water partition coefficient (Wildman–Crippen LogP) is 4.59. The predicted molar refractivity (Wildman–Crippen MR) is 115 cm³/mol. The third-order valence-corrected chi connectivity index (χ3v) is 5.39. The van der Waals surface area contributed by atoms with Crippen molar-refractivity contribution in [2.24, 2.45) is 5.73 Å². The van der Waals surface area contributed by atoms with E-state index in [1.165, 1.54) is 5.56 Å². The maximum atomic E-state index is 13.6. The van der Waals surface area contributed by atoms with Gasteiger partial charge in [0.1, 0.15) is 12.7 Å². The molecule has 4 nitrogen and oxygen atoms in total. The molecule has 4 heteroatoms. The number of nitrogens with two attached hydrogens (primary N) is 1. The zero-order valence-corrected chi connectivity index (χ0v) is 16.5. The molecule has 0 aromatic heterocycles. The van der Waals surface area contributed by atoms with Crippen molar-refractivity contribution in [1.29, 1.82) is 0 Å². The molecule has 144 valence electrons. The number of carbonyl (C=O) groups is 1. The van der Waals surface area contributed by atoms with E-state index in [1.807, 2.05) is 80.8 Å². The number of quaternary nitrogens is 1. The van der Waals surface area contributed by atoms with Crippen LogP contribution in [0.4, 0.5) is 10.5 Å². The number of para-hydroxylation sites is 1. The summed E-state index contributed by atoms with van der Waals surface area (Å²) in [7, 11) is 3.75. The molecular formula is C24H28N3O+. The van der Waals surface area contributed by atoms with Crippen LogP contribution in [0.2, 0.25) is 0 Å². The summed E-state index contributed by atoms with van der Waals surface area (Å²) in [6.07, 6.45) is 0.729. The summed E-state index contributed by atoms with van der Waals surface area (Å²) in [6.45, 7) is 0.211. The second-order valence-electron chi connectivity index (χ2n) is 7.24. The first kappa shape index (κ1) is 19.8. The van der Waals surface area contributed by atoms with Gasteiger partial charge in [-0.15, -0.1) is 0 Å². The first-order chi connectivity index (χ1) is 13.6. The summed E-state index contributed by atoms with van der Waals surface area (Å²) in [5.41, 5.74) is 9.39. The number of amides is 2. The molecule has 2 N–H and O–H groups in total. The van der Waals surface area contributed by atoms with Gasteiger partial charge in [-0.1, -0.05) is 78.9 Å². The molecular weight excluding hydrogens is 346 g/mol. The molecule has 0 bridgehead atoms. The monoisotopic (exact) mass is 374 g/mol. The van der Waals surface area contributed by atoms with Gasteiger partial charge in [0.05, 0.1) is 7.05 Å². The van der Waals surface area contributed by atoms with Gasteiger partial charge in [-0.2, -0.15) is 0 Å². The molecule has 0 aliphatic rings. The van der Waals surface area contributed by atoms with E-state index in [-0.39, 0.29) is 23.2 Å². The number of hydrogen-bond acceptors (Lipinski definition) is 2. The summed E-state index contributed by atoms with van der Waals surface area (Å²) in [5, 5.41) is 0. The lowest BCUT2D eigenvalue weighted by Gasteiger charge is -2.40. The second kappa shape index (κ2) is 8.83. The van der Waals surface area contributed by atoms with Gasteiger partial charge in [0.15, 0.2) is 0 Å². The number of rotatable bonds is 6. The van der Waals surface area contributed by atoms with Crippen molar-refractivity contribution in [3.05, 3.63) is 102 Å². The van der Waals surface area contributed by atoms with Crippen molar-refractivity contribution in [1.82, 2.24) is 0 Å². The Morgan fingerprint density at radius 2 is 1.39 bits per heavy atom. The summed E-state index contributed by atoms with van der Waals surface area (Å²) in [6, 6.07) is 30.0. The van der Waals surface area contributed by atoms with E-state index in [4.69, 9.17) is 5.73 Å². The second-order valence-corrected chi connectivity index (χ2v) is 7.24. The fourth-order valence-electron chi connectivity index (χ4n) is 3.60. The minimum Gasteiger partial charge on any atom is -0.284 e. The maximum Gasteiger partial charge on any atom is 0.424 e. The number of urea groups is 1. The fraction of sp³-hybridized carbons (Fsp3) is 0.208. The largest absolute Gasteiger partial charge is 0.424 e. The Morgan fingerprint density at radius 3 is 1.93 bits per heavy atom. The quantitative estimate of drug-likeness (QED) is 0.507. The Bertz CT molecular complexity index is 883. The van der Waals surface area contributed by atoms with Crippen LogP contribution in [0.25, 0.3) is 0 Å². The lowest BCUT2D eigenvalue weighted by atomic mass is 9.96. The Balaban J connectivity index is 2.00. The number of anilines is 1. The Hall–Kier alpha value is -2.95. The van der Waals surface area contributed by atoms with Gasteiger partial charge in [0, 0.05) is 24.7 Å². The van der Waals surface area contributed by atoms with Crippen LogP contribution in [0.3, 0.4) is 0 Å². The molecule has 0 spiro atoms. The van der Waals surface area contributed by atoms with Gasteiger partial charge >= 0.3 is 6.03 Å². The Labute approximate surface area is 167 Å². The van der Waals surface area contributed by atoms with Gasteiger partial charge in [0.25, 0.3) is 0 Å². The van der Waals surface area contributed by atoms with E-state index in [1.54, 1.807) is 4.90 Å². The number of nitrogens with zero attached hydrogens (tertiary/aromatic N) is 2. The lowest BCUT2D eigenvalue weighted by Crippen LogP contribution is -2.60. The number of benzene rings is 3. The molecule has 0 aliphatic heterocycles. The highest BCUT2D eigenvalue weighted by Crippen LogP contribution is 2.32. The van der Waals surface area contributed by atoms with Crippen LogP contribution >= 0.6 is 0 Å². The molecule has 2 amide bonds. The van der Waals surface area contributed by atoms with Crippen LogP contribution in [0.1, 0.15) is 17.2 Å². The SMILES string of the molecule is CN(C(=O)[N+](C)(CN)C(Cc1ccccc1)c1ccccc1)c1ccccc1. The fourth-order valence-corrected chi connectivity index (χ4v) is 3.60. The maximum absolute atomic E-state index is 13.6. The van der Waals surface area contributed by atoms with Crippen LogP contribution in [0.5, 0.6) is 0 Å². The third-order valence-electron chi connectivity index (χ3n) is 5.39. The molecule has 3 aromatic carbocycles. The third kappa shape index (κ3) is 4.14. The molecule has 0 saturated heterocycles. The Kier molecular flexibility index (Phi) is 6.24. The van der Waals surface area contributed by atoms with Gasteiger partial charge in [-0.3, -0.25) is 10.6 Å². The highest BCUT2D eigenvalue weighted by atomic mass is 16.2. The first-order valence-corrected chi connectivity index (χ1v) is 9.53. The molecule has 0 radical (unpaired) electrons. The number of hydrogen-bond donors (Lipinski definition) is 1. The van der Waals surface area contributed by atoms with Crippen molar-refractivity contribution < 1.29 is 9.28 Å². The van der Waals surface area contributed by atoms with Crippen LogP contribution in [-0.2, 0) is 6.42 Å². The van der Waals surface area contributed by atoms with Gasteiger partial charge in [-0.05, 0) is 17.7 Å². The Morgan fingerprint density at radius 1 is 0.893 bits per heavy atom. The summed E-state index contributed by atoms with van der Waals surface area (Å²) in [5.74, 6) is 0. The van der Waals surface area contributed by atoms with E-state index in [0.29, 0.717) is 0 Å².